The molecule has 4 rings (SSSR count). The third kappa shape index (κ3) is 5.04. The van der Waals surface area contributed by atoms with Crippen LogP contribution in [0.25, 0.3) is 0 Å². The molecule has 1 aliphatic heterocycles. The number of phenolic OH excluding ortho intramolecular Hbond substituents is 1. The fourth-order valence-electron chi connectivity index (χ4n) is 3.53. The Kier molecular flexibility index (Phi) is 6.40. The maximum Gasteiger partial charge on any atom is 0.265 e. The maximum atomic E-state index is 13.3. The molecule has 1 atom stereocenters. The number of rotatable bonds is 7. The zero-order valence-electron chi connectivity index (χ0n) is 16.5. The lowest BCUT2D eigenvalue weighted by Gasteiger charge is -2.25. The average Bonchev–Trinajstić information content (AvgIpc) is 3.42. The van der Waals surface area contributed by atoms with E-state index < -0.39 is 0 Å². The second-order valence-corrected chi connectivity index (χ2v) is 8.49. The van der Waals surface area contributed by atoms with Gasteiger partial charge in [-0.15, -0.1) is 11.3 Å². The molecule has 30 heavy (non-hydrogen) atoms. The van der Waals surface area contributed by atoms with Crippen molar-refractivity contribution >= 4 is 17.2 Å². The zero-order valence-corrected chi connectivity index (χ0v) is 17.3. The Labute approximate surface area is 178 Å². The molecule has 0 spiro atoms. The van der Waals surface area contributed by atoms with Crippen LogP contribution >= 0.6 is 11.3 Å². The lowest BCUT2D eigenvalue weighted by Crippen LogP contribution is -2.36. The van der Waals surface area contributed by atoms with Crippen molar-refractivity contribution in [3.63, 3.8) is 0 Å². The van der Waals surface area contributed by atoms with Crippen molar-refractivity contribution in [1.29, 1.82) is 0 Å². The number of benzene rings is 2. The summed E-state index contributed by atoms with van der Waals surface area (Å²) in [6, 6.07) is 13.3. The van der Waals surface area contributed by atoms with Gasteiger partial charge in [0.25, 0.3) is 5.91 Å². The van der Waals surface area contributed by atoms with Crippen LogP contribution < -0.4 is 0 Å². The van der Waals surface area contributed by atoms with Gasteiger partial charge in [-0.3, -0.25) is 4.79 Å². The van der Waals surface area contributed by atoms with E-state index in [9.17, 15) is 14.3 Å². The predicted octanol–water partition coefficient (Wildman–Crippen LogP) is 4.40. The first-order valence-corrected chi connectivity index (χ1v) is 10.8. The van der Waals surface area contributed by atoms with Gasteiger partial charge in [-0.1, -0.05) is 30.3 Å². The lowest BCUT2D eigenvalue weighted by molar-refractivity contribution is 0.0509. The molecule has 1 unspecified atom stereocenters. The number of hydrogen-bond acceptors (Lipinski definition) is 5. The van der Waals surface area contributed by atoms with Crippen molar-refractivity contribution in [1.82, 2.24) is 9.88 Å². The molecule has 1 aromatic heterocycles. The highest BCUT2D eigenvalue weighted by Crippen LogP contribution is 2.24. The van der Waals surface area contributed by atoms with Crippen molar-refractivity contribution in [2.24, 2.45) is 0 Å². The van der Waals surface area contributed by atoms with E-state index in [1.165, 1.54) is 23.5 Å². The second kappa shape index (κ2) is 9.36. The Hall–Kier alpha value is -2.77. The molecule has 0 aliphatic carbocycles. The smallest absolute Gasteiger partial charge is 0.265 e. The fraction of sp³-hybridized carbons (Fsp3) is 0.304. The highest BCUT2D eigenvalue weighted by Gasteiger charge is 2.25. The van der Waals surface area contributed by atoms with E-state index in [0.29, 0.717) is 36.6 Å². The Morgan fingerprint density at radius 3 is 2.77 bits per heavy atom. The molecule has 7 heteroatoms. The number of ether oxygens (including phenoxy) is 1. The summed E-state index contributed by atoms with van der Waals surface area (Å²) in [6.45, 7) is 1.49. The minimum Gasteiger partial charge on any atom is -0.508 e. The first-order chi connectivity index (χ1) is 14.6. The number of para-hydroxylation sites is 1. The Balaban J connectivity index is 1.51. The normalized spacial score (nSPS) is 16.0. The number of carbonyl (C=O) groups is 1. The monoisotopic (exact) mass is 426 g/mol. The van der Waals surface area contributed by atoms with Crippen LogP contribution in [0.15, 0.2) is 54.7 Å². The summed E-state index contributed by atoms with van der Waals surface area (Å²) in [4.78, 5) is 19.9. The summed E-state index contributed by atoms with van der Waals surface area (Å²) in [5.74, 6) is -0.233. The summed E-state index contributed by atoms with van der Waals surface area (Å²) in [7, 11) is 0. The van der Waals surface area contributed by atoms with E-state index >= 15 is 0 Å². The minimum absolute atomic E-state index is 0.00594. The molecule has 1 amide bonds. The van der Waals surface area contributed by atoms with Crippen molar-refractivity contribution < 1.29 is 19.0 Å². The van der Waals surface area contributed by atoms with Crippen LogP contribution in [0.2, 0.25) is 0 Å². The van der Waals surface area contributed by atoms with Crippen molar-refractivity contribution in [3.05, 3.63) is 81.6 Å². The van der Waals surface area contributed by atoms with Crippen LogP contribution in [-0.4, -0.2) is 40.2 Å². The Morgan fingerprint density at radius 1 is 1.23 bits per heavy atom. The largest absolute Gasteiger partial charge is 0.508 e. The van der Waals surface area contributed by atoms with Gasteiger partial charge in [-0.05, 0) is 36.6 Å². The number of thiazole rings is 1. The molecule has 2 heterocycles. The number of nitrogens with zero attached hydrogens (tertiary/aromatic N) is 2. The molecule has 0 radical (unpaired) electrons. The van der Waals surface area contributed by atoms with E-state index in [4.69, 9.17) is 4.74 Å². The number of amides is 1. The highest BCUT2D eigenvalue weighted by molar-refractivity contribution is 7.13. The molecule has 1 aliphatic rings. The van der Waals surface area contributed by atoms with Gasteiger partial charge in [0.15, 0.2) is 0 Å². The number of aromatic hydroxyl groups is 1. The Bertz CT molecular complexity index is 1000. The summed E-state index contributed by atoms with van der Waals surface area (Å²) in [5, 5.41) is 11.0. The van der Waals surface area contributed by atoms with E-state index in [1.807, 2.05) is 12.1 Å². The SMILES string of the molecule is O=C(c1cnc(Cc2ccc(F)cc2)s1)N(Cc1ccccc1O)CC1CCCO1. The fourth-order valence-corrected chi connectivity index (χ4v) is 4.45. The number of hydrogen-bond donors (Lipinski definition) is 1. The van der Waals surface area contributed by atoms with Gasteiger partial charge in [0, 0.05) is 31.7 Å². The summed E-state index contributed by atoms with van der Waals surface area (Å²) in [5.41, 5.74) is 1.63. The number of halogens is 1. The van der Waals surface area contributed by atoms with E-state index in [2.05, 4.69) is 4.98 Å². The number of phenols is 1. The molecule has 0 saturated carbocycles. The van der Waals surface area contributed by atoms with Gasteiger partial charge < -0.3 is 14.7 Å². The van der Waals surface area contributed by atoms with E-state index in [-0.39, 0.29) is 23.6 Å². The second-order valence-electron chi connectivity index (χ2n) is 7.37. The molecule has 5 nitrogen and oxygen atoms in total. The molecule has 156 valence electrons. The van der Waals surface area contributed by atoms with Crippen LogP contribution in [-0.2, 0) is 17.7 Å². The zero-order chi connectivity index (χ0) is 20.9. The first-order valence-electron chi connectivity index (χ1n) is 9.95. The van der Waals surface area contributed by atoms with Crippen LogP contribution in [0.1, 0.15) is 38.6 Å². The molecule has 2 aromatic carbocycles. The van der Waals surface area contributed by atoms with Crippen LogP contribution in [0.3, 0.4) is 0 Å². The van der Waals surface area contributed by atoms with Crippen molar-refractivity contribution in [2.75, 3.05) is 13.2 Å². The molecule has 3 aromatic rings. The van der Waals surface area contributed by atoms with Crippen molar-refractivity contribution in [2.45, 2.75) is 31.9 Å². The van der Waals surface area contributed by atoms with Gasteiger partial charge in [0.05, 0.1) is 17.3 Å². The third-order valence-corrected chi connectivity index (χ3v) is 6.11. The summed E-state index contributed by atoms with van der Waals surface area (Å²) < 4.78 is 18.8. The summed E-state index contributed by atoms with van der Waals surface area (Å²) >= 11 is 1.34. The van der Waals surface area contributed by atoms with Gasteiger partial charge in [-0.25, -0.2) is 9.37 Å². The quantitative estimate of drug-likeness (QED) is 0.608. The molecular weight excluding hydrogens is 403 g/mol. The standard InChI is InChI=1S/C23H23FN2O3S/c24-18-9-7-16(8-10-18)12-22-25-13-21(30-22)23(28)26(15-19-5-3-11-29-19)14-17-4-1-2-6-20(17)27/h1-2,4,6-10,13,19,27H,3,5,11-12,14-15H2. The van der Waals surface area contributed by atoms with E-state index in [0.717, 1.165) is 23.4 Å². The van der Waals surface area contributed by atoms with Gasteiger partial charge in [-0.2, -0.15) is 0 Å². The topological polar surface area (TPSA) is 62.7 Å². The lowest BCUT2D eigenvalue weighted by atomic mass is 10.1. The predicted molar refractivity (Wildman–Crippen MR) is 113 cm³/mol. The van der Waals surface area contributed by atoms with Gasteiger partial charge in [0.1, 0.15) is 16.4 Å². The third-order valence-electron chi connectivity index (χ3n) is 5.12. The molecule has 1 fully saturated rings. The van der Waals surface area contributed by atoms with E-state index in [1.54, 1.807) is 35.4 Å². The van der Waals surface area contributed by atoms with Crippen molar-refractivity contribution in [3.8, 4) is 5.75 Å². The number of aromatic nitrogens is 1. The highest BCUT2D eigenvalue weighted by atomic mass is 32.1. The van der Waals surface area contributed by atoms with Crippen LogP contribution in [0, 0.1) is 5.82 Å². The molecule has 0 bridgehead atoms. The molecule has 1 N–H and O–H groups in total. The molecular formula is C23H23FN2O3S. The first kappa shape index (κ1) is 20.5. The summed E-state index contributed by atoms with van der Waals surface area (Å²) in [6.07, 6.45) is 4.06. The van der Waals surface area contributed by atoms with Gasteiger partial charge >= 0.3 is 0 Å². The van der Waals surface area contributed by atoms with Crippen LogP contribution in [0.4, 0.5) is 4.39 Å². The number of carbonyl (C=O) groups excluding carboxylic acids is 1. The average molecular weight is 427 g/mol. The van der Waals surface area contributed by atoms with Crippen LogP contribution in [0.5, 0.6) is 5.75 Å². The Morgan fingerprint density at radius 2 is 2.03 bits per heavy atom. The molecule has 1 saturated heterocycles. The minimum atomic E-state index is -0.275. The van der Waals surface area contributed by atoms with Gasteiger partial charge in [0.2, 0.25) is 0 Å². The maximum absolute atomic E-state index is 13.3.